The molecule has 3 rings (SSSR count). The number of amides is 1. The Balaban J connectivity index is 1.96. The number of carboxylic acids is 1. The molecule has 0 radical (unpaired) electrons. The Kier molecular flexibility index (Phi) is 3.91. The predicted molar refractivity (Wildman–Crippen MR) is 88.9 cm³/mol. The molecule has 6 nitrogen and oxygen atoms in total. The molecule has 1 amide bonds. The van der Waals surface area contributed by atoms with Crippen LogP contribution in [0.1, 0.15) is 47.5 Å². The summed E-state index contributed by atoms with van der Waals surface area (Å²) in [5, 5.41) is 15.0. The van der Waals surface area contributed by atoms with E-state index in [-0.39, 0.29) is 5.91 Å². The standard InChI is InChI=1S/C16H21N3O3S/c1-10-11-9-12(23-14(11)19(3)17-10)13(20)18(2)16(15(21)22)7-5-4-6-8-16/h9H,4-8H2,1-3H3,(H,21,22). The largest absolute Gasteiger partial charge is 0.479 e. The van der Waals surface area contributed by atoms with Gasteiger partial charge in [0.15, 0.2) is 0 Å². The van der Waals surface area contributed by atoms with Crippen LogP contribution >= 0.6 is 11.3 Å². The van der Waals surface area contributed by atoms with Crippen molar-refractivity contribution in [2.75, 3.05) is 7.05 Å². The van der Waals surface area contributed by atoms with Crippen LogP contribution in [0.2, 0.25) is 0 Å². The second kappa shape index (κ2) is 5.63. The lowest BCUT2D eigenvalue weighted by Gasteiger charge is -2.40. The summed E-state index contributed by atoms with van der Waals surface area (Å²) < 4.78 is 1.76. The molecular weight excluding hydrogens is 314 g/mol. The van der Waals surface area contributed by atoms with Gasteiger partial charge in [0.1, 0.15) is 10.4 Å². The topological polar surface area (TPSA) is 75.4 Å². The van der Waals surface area contributed by atoms with Gasteiger partial charge in [-0.2, -0.15) is 5.10 Å². The summed E-state index contributed by atoms with van der Waals surface area (Å²) >= 11 is 1.37. The second-order valence-electron chi connectivity index (χ2n) is 6.30. The number of carbonyl (C=O) groups excluding carboxylic acids is 1. The van der Waals surface area contributed by atoms with E-state index in [1.807, 2.05) is 20.0 Å². The van der Waals surface area contributed by atoms with Crippen LogP contribution in [0, 0.1) is 6.92 Å². The molecule has 0 spiro atoms. The molecular formula is C16H21N3O3S. The van der Waals surface area contributed by atoms with E-state index in [1.165, 1.54) is 16.2 Å². The fraction of sp³-hybridized carbons (Fsp3) is 0.562. The third kappa shape index (κ3) is 2.43. The molecule has 2 aromatic rings. The average Bonchev–Trinajstić information content (AvgIpc) is 3.08. The van der Waals surface area contributed by atoms with Gasteiger partial charge >= 0.3 is 5.97 Å². The van der Waals surface area contributed by atoms with Gasteiger partial charge in [0.05, 0.1) is 10.6 Å². The van der Waals surface area contributed by atoms with Crippen molar-refractivity contribution in [2.24, 2.45) is 7.05 Å². The molecule has 1 aliphatic carbocycles. The average molecular weight is 335 g/mol. The number of fused-ring (bicyclic) bond motifs is 1. The highest BCUT2D eigenvalue weighted by Crippen LogP contribution is 2.36. The summed E-state index contributed by atoms with van der Waals surface area (Å²) in [6, 6.07) is 1.83. The van der Waals surface area contributed by atoms with Gasteiger partial charge in [-0.25, -0.2) is 4.79 Å². The third-order valence-corrected chi connectivity index (χ3v) is 6.12. The maximum absolute atomic E-state index is 12.9. The fourth-order valence-corrected chi connectivity index (χ4v) is 4.60. The van der Waals surface area contributed by atoms with Crippen LogP contribution in [0.5, 0.6) is 0 Å². The Hall–Kier alpha value is -1.89. The first-order valence-electron chi connectivity index (χ1n) is 7.81. The lowest BCUT2D eigenvalue weighted by atomic mass is 9.80. The highest BCUT2D eigenvalue weighted by molar-refractivity contribution is 7.20. The van der Waals surface area contributed by atoms with E-state index >= 15 is 0 Å². The Morgan fingerprint density at radius 3 is 2.57 bits per heavy atom. The molecule has 1 N–H and O–H groups in total. The van der Waals surface area contributed by atoms with Crippen LogP contribution in [0.15, 0.2) is 6.07 Å². The van der Waals surface area contributed by atoms with Crippen molar-refractivity contribution >= 4 is 33.4 Å². The molecule has 1 saturated carbocycles. The molecule has 1 fully saturated rings. The van der Waals surface area contributed by atoms with Crippen LogP contribution < -0.4 is 0 Å². The lowest BCUT2D eigenvalue weighted by Crippen LogP contribution is -2.56. The van der Waals surface area contributed by atoms with Gasteiger partial charge in [0.2, 0.25) is 0 Å². The van der Waals surface area contributed by atoms with Crippen molar-refractivity contribution in [3.8, 4) is 0 Å². The number of aliphatic carboxylic acids is 1. The zero-order valence-electron chi connectivity index (χ0n) is 13.6. The van der Waals surface area contributed by atoms with E-state index in [1.54, 1.807) is 11.7 Å². The molecule has 23 heavy (non-hydrogen) atoms. The van der Waals surface area contributed by atoms with Crippen molar-refractivity contribution in [2.45, 2.75) is 44.6 Å². The van der Waals surface area contributed by atoms with E-state index in [0.717, 1.165) is 35.2 Å². The number of aromatic nitrogens is 2. The minimum Gasteiger partial charge on any atom is -0.479 e. The molecule has 7 heteroatoms. The number of aryl methyl sites for hydroxylation is 2. The van der Waals surface area contributed by atoms with Gasteiger partial charge in [-0.1, -0.05) is 19.3 Å². The number of hydrogen-bond acceptors (Lipinski definition) is 4. The Bertz CT molecular complexity index is 736. The van der Waals surface area contributed by atoms with Gasteiger partial charge in [0.25, 0.3) is 5.91 Å². The number of thiophene rings is 1. The Morgan fingerprint density at radius 1 is 1.35 bits per heavy atom. The molecule has 0 aromatic carbocycles. The molecule has 0 saturated heterocycles. The van der Waals surface area contributed by atoms with Crippen molar-refractivity contribution in [3.63, 3.8) is 0 Å². The molecule has 0 atom stereocenters. The quantitative estimate of drug-likeness (QED) is 0.936. The monoisotopic (exact) mass is 335 g/mol. The van der Waals surface area contributed by atoms with Crippen LogP contribution in [0.25, 0.3) is 10.2 Å². The summed E-state index contributed by atoms with van der Waals surface area (Å²) in [5.74, 6) is -1.11. The number of hydrogen-bond donors (Lipinski definition) is 1. The first-order chi connectivity index (χ1) is 10.9. The van der Waals surface area contributed by atoms with Gasteiger partial charge in [-0.3, -0.25) is 9.48 Å². The summed E-state index contributed by atoms with van der Waals surface area (Å²) in [6.07, 6.45) is 3.77. The van der Waals surface area contributed by atoms with Gasteiger partial charge in [-0.15, -0.1) is 11.3 Å². The summed E-state index contributed by atoms with van der Waals surface area (Å²) in [6.45, 7) is 1.91. The van der Waals surface area contributed by atoms with E-state index in [9.17, 15) is 14.7 Å². The molecule has 124 valence electrons. The zero-order valence-corrected chi connectivity index (χ0v) is 14.4. The normalized spacial score (nSPS) is 17.3. The molecule has 2 heterocycles. The van der Waals surface area contributed by atoms with E-state index in [2.05, 4.69) is 5.10 Å². The van der Waals surface area contributed by atoms with E-state index in [0.29, 0.717) is 17.7 Å². The highest BCUT2D eigenvalue weighted by Gasteiger charge is 2.45. The van der Waals surface area contributed by atoms with Crippen LogP contribution in [-0.2, 0) is 11.8 Å². The van der Waals surface area contributed by atoms with Crippen LogP contribution in [0.3, 0.4) is 0 Å². The fourth-order valence-electron chi connectivity index (χ4n) is 3.50. The number of likely N-dealkylation sites (N-methyl/N-ethyl adjacent to an activating group) is 1. The van der Waals surface area contributed by atoms with Crippen molar-refractivity contribution in [1.29, 1.82) is 0 Å². The SMILES string of the molecule is Cc1nn(C)c2sc(C(=O)N(C)C3(C(=O)O)CCCCC3)cc12. The second-order valence-corrected chi connectivity index (χ2v) is 7.33. The smallest absolute Gasteiger partial charge is 0.329 e. The number of rotatable bonds is 3. The van der Waals surface area contributed by atoms with Gasteiger partial charge in [-0.05, 0) is 25.8 Å². The Labute approximate surface area is 138 Å². The van der Waals surface area contributed by atoms with E-state index in [4.69, 9.17) is 0 Å². The molecule has 0 aliphatic heterocycles. The third-order valence-electron chi connectivity index (χ3n) is 4.93. The number of carbonyl (C=O) groups is 2. The summed E-state index contributed by atoms with van der Waals surface area (Å²) in [7, 11) is 3.47. The van der Waals surface area contributed by atoms with Crippen LogP contribution in [0.4, 0.5) is 0 Å². The minimum absolute atomic E-state index is 0.213. The lowest BCUT2D eigenvalue weighted by molar-refractivity contribution is -0.151. The molecule has 2 aromatic heterocycles. The number of carboxylic acid groups (broad SMARTS) is 1. The first-order valence-corrected chi connectivity index (χ1v) is 8.63. The summed E-state index contributed by atoms with van der Waals surface area (Å²) in [5.41, 5.74) is -0.190. The minimum atomic E-state index is -1.07. The van der Waals surface area contributed by atoms with Gasteiger partial charge in [0, 0.05) is 19.5 Å². The van der Waals surface area contributed by atoms with E-state index < -0.39 is 11.5 Å². The van der Waals surface area contributed by atoms with Crippen LogP contribution in [-0.4, -0.2) is 44.3 Å². The molecule has 0 unspecified atom stereocenters. The highest BCUT2D eigenvalue weighted by atomic mass is 32.1. The number of nitrogens with zero attached hydrogens (tertiary/aromatic N) is 3. The van der Waals surface area contributed by atoms with Crippen molar-refractivity contribution in [1.82, 2.24) is 14.7 Å². The summed E-state index contributed by atoms with van der Waals surface area (Å²) in [4.78, 5) is 27.7. The zero-order chi connectivity index (χ0) is 16.8. The maximum Gasteiger partial charge on any atom is 0.329 e. The first kappa shape index (κ1) is 16.0. The molecule has 0 bridgehead atoms. The van der Waals surface area contributed by atoms with Crippen molar-refractivity contribution < 1.29 is 14.7 Å². The Morgan fingerprint density at radius 2 is 2.00 bits per heavy atom. The molecule has 1 aliphatic rings. The maximum atomic E-state index is 12.9. The van der Waals surface area contributed by atoms with Gasteiger partial charge < -0.3 is 10.0 Å². The predicted octanol–water partition coefficient (Wildman–Crippen LogP) is 2.80. The van der Waals surface area contributed by atoms with Crippen molar-refractivity contribution in [3.05, 3.63) is 16.6 Å².